The van der Waals surface area contributed by atoms with Gasteiger partial charge in [0.15, 0.2) is 0 Å². The first kappa shape index (κ1) is 10.6. The SMILES string of the molecule is CNC(CO)C1=IC=C(Cl)CC1. The van der Waals surface area contributed by atoms with Crippen molar-refractivity contribution >= 4 is 35.8 Å². The Bertz CT molecular complexity index is 211. The van der Waals surface area contributed by atoms with E-state index in [2.05, 4.69) is 9.40 Å². The van der Waals surface area contributed by atoms with Gasteiger partial charge in [0.25, 0.3) is 0 Å². The second kappa shape index (κ2) is 5.32. The van der Waals surface area contributed by atoms with Crippen LogP contribution in [0.15, 0.2) is 9.12 Å². The van der Waals surface area contributed by atoms with Crippen LogP contribution in [0.25, 0.3) is 0 Å². The normalized spacial score (nSPS) is 20.6. The molecule has 0 radical (unpaired) electrons. The number of aliphatic hydroxyl groups is 1. The zero-order valence-corrected chi connectivity index (χ0v) is 9.89. The number of likely N-dealkylation sites (N-methyl/N-ethyl adjacent to an activating group) is 1. The molecule has 0 bridgehead atoms. The lowest BCUT2D eigenvalue weighted by atomic mass is 10.1. The zero-order valence-electron chi connectivity index (χ0n) is 6.98. The fourth-order valence-electron chi connectivity index (χ4n) is 1.07. The van der Waals surface area contributed by atoms with Crippen molar-refractivity contribution in [1.29, 1.82) is 0 Å². The minimum absolute atomic E-state index is 0.0442. The van der Waals surface area contributed by atoms with Crippen molar-refractivity contribution in [3.8, 4) is 0 Å². The quantitative estimate of drug-likeness (QED) is 0.776. The summed E-state index contributed by atoms with van der Waals surface area (Å²) in [5.41, 5.74) is 0. The van der Waals surface area contributed by atoms with E-state index in [1.165, 1.54) is 3.51 Å². The second-order valence-corrected chi connectivity index (χ2v) is 5.75. The molecule has 2 N–H and O–H groups in total. The first-order chi connectivity index (χ1) is 5.77. The highest BCUT2D eigenvalue weighted by molar-refractivity contribution is 14.2. The fourth-order valence-corrected chi connectivity index (χ4v) is 4.02. The van der Waals surface area contributed by atoms with Crippen molar-refractivity contribution in [1.82, 2.24) is 5.32 Å². The van der Waals surface area contributed by atoms with Crippen LogP contribution in [0, 0.1) is 0 Å². The van der Waals surface area contributed by atoms with E-state index in [0.717, 1.165) is 17.9 Å². The second-order valence-electron chi connectivity index (χ2n) is 2.64. The molecule has 0 aromatic heterocycles. The van der Waals surface area contributed by atoms with Crippen LogP contribution in [0.1, 0.15) is 12.8 Å². The van der Waals surface area contributed by atoms with Gasteiger partial charge in [0.2, 0.25) is 0 Å². The van der Waals surface area contributed by atoms with E-state index in [-0.39, 0.29) is 33.4 Å². The molecule has 0 spiro atoms. The summed E-state index contributed by atoms with van der Waals surface area (Å²) < 4.78 is 3.60. The molecule has 0 amide bonds. The first-order valence-corrected chi connectivity index (χ1v) is 6.60. The number of halogens is 2. The Morgan fingerprint density at radius 2 is 2.50 bits per heavy atom. The van der Waals surface area contributed by atoms with E-state index >= 15 is 0 Å². The lowest BCUT2D eigenvalue weighted by molar-refractivity contribution is 0.277. The summed E-state index contributed by atoms with van der Waals surface area (Å²) in [5, 5.41) is 13.1. The van der Waals surface area contributed by atoms with Crippen LogP contribution in [-0.2, 0) is 0 Å². The van der Waals surface area contributed by atoms with Crippen molar-refractivity contribution in [3.05, 3.63) is 9.12 Å². The van der Waals surface area contributed by atoms with Crippen LogP contribution < -0.4 is 5.32 Å². The van der Waals surface area contributed by atoms with Gasteiger partial charge in [0.1, 0.15) is 0 Å². The number of rotatable bonds is 3. The molecule has 1 rings (SSSR count). The Morgan fingerprint density at radius 3 is 2.92 bits per heavy atom. The van der Waals surface area contributed by atoms with Gasteiger partial charge >= 0.3 is 0 Å². The van der Waals surface area contributed by atoms with Crippen molar-refractivity contribution in [3.63, 3.8) is 0 Å². The largest absolute Gasteiger partial charge is 0.394 e. The molecular formula is C8H13ClINO. The topological polar surface area (TPSA) is 32.3 Å². The van der Waals surface area contributed by atoms with Gasteiger partial charge < -0.3 is 10.4 Å². The maximum absolute atomic E-state index is 9.02. The Labute approximate surface area is 87.7 Å². The third-order valence-electron chi connectivity index (χ3n) is 1.82. The van der Waals surface area contributed by atoms with E-state index in [9.17, 15) is 0 Å². The molecule has 1 atom stereocenters. The summed E-state index contributed by atoms with van der Waals surface area (Å²) in [6.45, 7) is 0.205. The fraction of sp³-hybridized carbons (Fsp3) is 0.625. The number of allylic oxidation sites excluding steroid dienone is 1. The Balaban J connectivity index is 2.63. The highest BCUT2D eigenvalue weighted by atomic mass is 127. The molecule has 0 aromatic carbocycles. The third-order valence-corrected chi connectivity index (χ3v) is 5.65. The molecule has 12 heavy (non-hydrogen) atoms. The molecule has 4 heteroatoms. The van der Waals surface area contributed by atoms with Gasteiger partial charge in [-0.25, -0.2) is 0 Å². The first-order valence-electron chi connectivity index (χ1n) is 3.89. The van der Waals surface area contributed by atoms with Crippen LogP contribution >= 0.6 is 32.3 Å². The Kier molecular flexibility index (Phi) is 4.71. The number of hydrogen-bond acceptors (Lipinski definition) is 2. The predicted molar refractivity (Wildman–Crippen MR) is 62.1 cm³/mol. The molecule has 0 saturated heterocycles. The molecule has 1 heterocycles. The molecule has 1 unspecified atom stereocenters. The van der Waals surface area contributed by atoms with Crippen LogP contribution in [0.5, 0.6) is 0 Å². The molecule has 1 aliphatic heterocycles. The number of hydrogen-bond donors (Lipinski definition) is 2. The lowest BCUT2D eigenvalue weighted by Crippen LogP contribution is -2.36. The van der Waals surface area contributed by atoms with Crippen molar-refractivity contribution in [2.75, 3.05) is 13.7 Å². The van der Waals surface area contributed by atoms with Gasteiger partial charge in [0, 0.05) is 5.03 Å². The Morgan fingerprint density at radius 1 is 1.75 bits per heavy atom. The maximum Gasteiger partial charge on any atom is 0.0627 e. The molecule has 1 aliphatic rings. The van der Waals surface area contributed by atoms with E-state index in [1.807, 2.05) is 7.05 Å². The van der Waals surface area contributed by atoms with Crippen molar-refractivity contribution in [2.24, 2.45) is 0 Å². The van der Waals surface area contributed by atoms with Gasteiger partial charge in [-0.2, -0.15) is 0 Å². The molecule has 0 aromatic rings. The molecule has 2 nitrogen and oxygen atoms in total. The van der Waals surface area contributed by atoms with E-state index in [0.29, 0.717) is 0 Å². The van der Waals surface area contributed by atoms with Crippen LogP contribution in [0.2, 0.25) is 0 Å². The molecule has 0 aliphatic carbocycles. The molecule has 0 fully saturated rings. The third kappa shape index (κ3) is 2.80. The monoisotopic (exact) mass is 301 g/mol. The summed E-state index contributed by atoms with van der Waals surface area (Å²) in [4.78, 5) is 0. The van der Waals surface area contributed by atoms with Gasteiger partial charge in [-0.05, 0) is 27.5 Å². The van der Waals surface area contributed by atoms with Gasteiger partial charge in [0.05, 0.1) is 12.6 Å². The van der Waals surface area contributed by atoms with E-state index in [4.69, 9.17) is 16.7 Å². The van der Waals surface area contributed by atoms with Crippen LogP contribution in [0.4, 0.5) is 0 Å². The van der Waals surface area contributed by atoms with Gasteiger partial charge in [-0.1, -0.05) is 32.3 Å². The van der Waals surface area contributed by atoms with Crippen LogP contribution in [-0.4, -0.2) is 28.3 Å². The minimum atomic E-state index is -0.0442. The minimum Gasteiger partial charge on any atom is -0.394 e. The highest BCUT2D eigenvalue weighted by Crippen LogP contribution is 2.25. The summed E-state index contributed by atoms with van der Waals surface area (Å²) in [5.74, 6) is 0. The summed E-state index contributed by atoms with van der Waals surface area (Å²) >= 11 is 5.82. The Hall–Kier alpha value is 0.550. The smallest absolute Gasteiger partial charge is 0.0627 e. The van der Waals surface area contributed by atoms with Crippen LogP contribution in [0.3, 0.4) is 0 Å². The average molecular weight is 302 g/mol. The summed E-state index contributed by atoms with van der Waals surface area (Å²) in [6.07, 6.45) is 2.00. The maximum atomic E-state index is 9.02. The number of nitrogens with one attached hydrogen (secondary N) is 1. The predicted octanol–water partition coefficient (Wildman–Crippen LogP) is 1.58. The molecular weight excluding hydrogens is 288 g/mol. The number of aliphatic hydroxyl groups excluding tert-OH is 1. The summed E-state index contributed by atoms with van der Waals surface area (Å²) in [7, 11) is 1.89. The van der Waals surface area contributed by atoms with Gasteiger partial charge in [-0.3, -0.25) is 0 Å². The van der Waals surface area contributed by atoms with E-state index in [1.54, 1.807) is 0 Å². The summed E-state index contributed by atoms with van der Waals surface area (Å²) in [6, 6.07) is 0.193. The lowest BCUT2D eigenvalue weighted by Gasteiger charge is -2.18. The molecule has 70 valence electrons. The van der Waals surface area contributed by atoms with E-state index < -0.39 is 0 Å². The average Bonchev–Trinajstić information content (AvgIpc) is 2.10. The van der Waals surface area contributed by atoms with Crippen molar-refractivity contribution < 1.29 is 5.11 Å². The standard InChI is InChI=1S/C8H13ClINO/c1-11-8(5-12)7-3-2-6(9)4-10-7/h4,8,11-12H,2-3,5H2,1H3. The van der Waals surface area contributed by atoms with Gasteiger partial charge in [-0.15, -0.1) is 0 Å². The highest BCUT2D eigenvalue weighted by Gasteiger charge is 2.13. The van der Waals surface area contributed by atoms with Crippen molar-refractivity contribution in [2.45, 2.75) is 18.9 Å². The zero-order chi connectivity index (χ0) is 8.97. The molecule has 0 saturated carbocycles.